The van der Waals surface area contributed by atoms with Crippen LogP contribution in [0.2, 0.25) is 0 Å². The predicted octanol–water partition coefficient (Wildman–Crippen LogP) is 4.45. The fourth-order valence-corrected chi connectivity index (χ4v) is 3.05. The minimum atomic E-state index is -1.32. The standard InChI is InChI=1S/C23H20N2O6/c1-15-8-6-13-19(25(28)29)20(15)23(27)31-21(16-9-4-3-5-10-16)22(26)24-17-11-7-12-18(14-17)30-2/h3-14,21H,1-2H3,(H,24,26). The van der Waals surface area contributed by atoms with Crippen molar-refractivity contribution in [3.05, 3.63) is 99.6 Å². The first-order valence-corrected chi connectivity index (χ1v) is 9.35. The van der Waals surface area contributed by atoms with Crippen molar-refractivity contribution in [3.63, 3.8) is 0 Å². The molecule has 0 heterocycles. The second-order valence-corrected chi connectivity index (χ2v) is 6.64. The number of rotatable bonds is 7. The van der Waals surface area contributed by atoms with Gasteiger partial charge in [0, 0.05) is 23.4 Å². The van der Waals surface area contributed by atoms with E-state index in [1.54, 1.807) is 67.6 Å². The van der Waals surface area contributed by atoms with Gasteiger partial charge in [-0.2, -0.15) is 0 Å². The van der Waals surface area contributed by atoms with Crippen LogP contribution in [-0.4, -0.2) is 23.9 Å². The zero-order valence-corrected chi connectivity index (χ0v) is 16.9. The first kappa shape index (κ1) is 21.5. The third-order valence-corrected chi connectivity index (χ3v) is 4.55. The van der Waals surface area contributed by atoms with E-state index >= 15 is 0 Å². The fourth-order valence-electron chi connectivity index (χ4n) is 3.05. The Hall–Kier alpha value is -4.20. The molecule has 0 aromatic heterocycles. The Balaban J connectivity index is 1.93. The van der Waals surface area contributed by atoms with Crippen LogP contribution in [-0.2, 0) is 9.53 Å². The third-order valence-electron chi connectivity index (χ3n) is 4.55. The summed E-state index contributed by atoms with van der Waals surface area (Å²) in [5.74, 6) is -1.02. The highest BCUT2D eigenvalue weighted by Crippen LogP contribution is 2.27. The van der Waals surface area contributed by atoms with Gasteiger partial charge in [0.2, 0.25) is 6.10 Å². The average Bonchev–Trinajstić information content (AvgIpc) is 2.77. The van der Waals surface area contributed by atoms with Gasteiger partial charge in [0.15, 0.2) is 0 Å². The lowest BCUT2D eigenvalue weighted by atomic mass is 10.1. The number of aryl methyl sites for hydroxylation is 1. The molecule has 3 aromatic rings. The van der Waals surface area contributed by atoms with Gasteiger partial charge >= 0.3 is 5.97 Å². The summed E-state index contributed by atoms with van der Waals surface area (Å²) in [4.78, 5) is 36.6. The highest BCUT2D eigenvalue weighted by atomic mass is 16.6. The molecule has 158 valence electrons. The molecule has 0 spiro atoms. The molecular formula is C23H20N2O6. The Labute approximate surface area is 178 Å². The number of anilines is 1. The van der Waals surface area contributed by atoms with Gasteiger partial charge in [0.25, 0.3) is 11.6 Å². The first-order valence-electron chi connectivity index (χ1n) is 9.35. The van der Waals surface area contributed by atoms with Crippen molar-refractivity contribution in [1.82, 2.24) is 0 Å². The van der Waals surface area contributed by atoms with Crippen molar-refractivity contribution in [1.29, 1.82) is 0 Å². The van der Waals surface area contributed by atoms with Crippen molar-refractivity contribution >= 4 is 23.3 Å². The molecule has 3 aromatic carbocycles. The van der Waals surface area contributed by atoms with E-state index in [0.717, 1.165) is 0 Å². The maximum atomic E-state index is 13.0. The van der Waals surface area contributed by atoms with Gasteiger partial charge in [0.1, 0.15) is 11.3 Å². The zero-order chi connectivity index (χ0) is 22.4. The lowest BCUT2D eigenvalue weighted by molar-refractivity contribution is -0.385. The molecule has 8 heteroatoms. The molecule has 1 unspecified atom stereocenters. The molecule has 0 saturated carbocycles. The number of nitrogens with one attached hydrogen (secondary N) is 1. The van der Waals surface area contributed by atoms with Crippen LogP contribution < -0.4 is 10.1 Å². The van der Waals surface area contributed by atoms with E-state index in [-0.39, 0.29) is 11.3 Å². The molecule has 0 bridgehead atoms. The van der Waals surface area contributed by atoms with Crippen molar-refractivity contribution in [3.8, 4) is 5.75 Å². The third kappa shape index (κ3) is 5.05. The molecule has 0 radical (unpaired) electrons. The SMILES string of the molecule is COc1cccc(NC(=O)C(OC(=O)c2c(C)cccc2[N+](=O)[O-])c2ccccc2)c1. The number of ether oxygens (including phenoxy) is 2. The van der Waals surface area contributed by atoms with Crippen molar-refractivity contribution in [2.75, 3.05) is 12.4 Å². The lowest BCUT2D eigenvalue weighted by Gasteiger charge is -2.19. The molecule has 1 N–H and O–H groups in total. The van der Waals surface area contributed by atoms with E-state index in [1.807, 2.05) is 0 Å². The van der Waals surface area contributed by atoms with E-state index in [1.165, 1.54) is 19.2 Å². The number of amides is 1. The fraction of sp³-hybridized carbons (Fsp3) is 0.130. The second kappa shape index (κ2) is 9.53. The Morgan fingerprint density at radius 2 is 1.71 bits per heavy atom. The normalized spacial score (nSPS) is 11.3. The van der Waals surface area contributed by atoms with Gasteiger partial charge in [0.05, 0.1) is 12.0 Å². The van der Waals surface area contributed by atoms with Crippen LogP contribution in [0.4, 0.5) is 11.4 Å². The van der Waals surface area contributed by atoms with E-state index in [4.69, 9.17) is 9.47 Å². The number of nitrogens with zero attached hydrogens (tertiary/aromatic N) is 1. The lowest BCUT2D eigenvalue weighted by Crippen LogP contribution is -2.26. The van der Waals surface area contributed by atoms with Gasteiger partial charge in [-0.25, -0.2) is 4.79 Å². The molecule has 0 aliphatic carbocycles. The number of carbonyl (C=O) groups excluding carboxylic acids is 2. The van der Waals surface area contributed by atoms with E-state index < -0.39 is 22.9 Å². The summed E-state index contributed by atoms with van der Waals surface area (Å²) in [5.41, 5.74) is 0.669. The number of hydrogen-bond donors (Lipinski definition) is 1. The largest absolute Gasteiger partial charge is 0.497 e. The van der Waals surface area contributed by atoms with Crippen molar-refractivity contribution < 1.29 is 24.0 Å². The second-order valence-electron chi connectivity index (χ2n) is 6.64. The van der Waals surface area contributed by atoms with Crippen LogP contribution >= 0.6 is 0 Å². The molecule has 1 amide bonds. The summed E-state index contributed by atoms with van der Waals surface area (Å²) in [6, 6.07) is 19.4. The first-order chi connectivity index (χ1) is 14.9. The molecule has 0 saturated heterocycles. The zero-order valence-electron chi connectivity index (χ0n) is 16.9. The number of esters is 1. The molecule has 0 fully saturated rings. The van der Waals surface area contributed by atoms with Gasteiger partial charge in [-0.05, 0) is 24.6 Å². The maximum absolute atomic E-state index is 13.0. The predicted molar refractivity (Wildman–Crippen MR) is 114 cm³/mol. The topological polar surface area (TPSA) is 108 Å². The number of carbonyl (C=O) groups is 2. The molecule has 1 atom stereocenters. The molecule has 0 aliphatic rings. The van der Waals surface area contributed by atoms with Crippen LogP contribution in [0.3, 0.4) is 0 Å². The summed E-state index contributed by atoms with van der Waals surface area (Å²) >= 11 is 0. The Morgan fingerprint density at radius 1 is 1.00 bits per heavy atom. The number of methoxy groups -OCH3 is 1. The van der Waals surface area contributed by atoms with Gasteiger partial charge in [-0.15, -0.1) is 0 Å². The van der Waals surface area contributed by atoms with Gasteiger partial charge < -0.3 is 14.8 Å². The van der Waals surface area contributed by atoms with Crippen molar-refractivity contribution in [2.24, 2.45) is 0 Å². The van der Waals surface area contributed by atoms with Crippen LogP contribution in [0, 0.1) is 17.0 Å². The summed E-state index contributed by atoms with van der Waals surface area (Å²) in [5, 5.41) is 14.1. The molecular weight excluding hydrogens is 400 g/mol. The summed E-state index contributed by atoms with van der Waals surface area (Å²) < 4.78 is 10.7. The highest BCUT2D eigenvalue weighted by Gasteiger charge is 2.30. The highest BCUT2D eigenvalue weighted by molar-refractivity contribution is 6.00. The molecule has 3 rings (SSSR count). The molecule has 8 nitrogen and oxygen atoms in total. The smallest absolute Gasteiger partial charge is 0.346 e. The monoisotopic (exact) mass is 420 g/mol. The van der Waals surface area contributed by atoms with Crippen LogP contribution in [0.5, 0.6) is 5.75 Å². The number of benzene rings is 3. The number of hydrogen-bond acceptors (Lipinski definition) is 6. The Bertz CT molecular complexity index is 1110. The molecule has 31 heavy (non-hydrogen) atoms. The van der Waals surface area contributed by atoms with Crippen LogP contribution in [0.15, 0.2) is 72.8 Å². The van der Waals surface area contributed by atoms with E-state index in [2.05, 4.69) is 5.32 Å². The minimum absolute atomic E-state index is 0.192. The Morgan fingerprint density at radius 3 is 2.39 bits per heavy atom. The maximum Gasteiger partial charge on any atom is 0.346 e. The Kier molecular flexibility index (Phi) is 6.61. The van der Waals surface area contributed by atoms with Crippen LogP contribution in [0.1, 0.15) is 27.6 Å². The van der Waals surface area contributed by atoms with E-state index in [0.29, 0.717) is 22.6 Å². The summed E-state index contributed by atoms with van der Waals surface area (Å²) in [7, 11) is 1.50. The number of nitro groups is 1. The summed E-state index contributed by atoms with van der Waals surface area (Å²) in [6.45, 7) is 1.57. The average molecular weight is 420 g/mol. The number of nitro benzene ring substituents is 1. The van der Waals surface area contributed by atoms with Crippen LogP contribution in [0.25, 0.3) is 0 Å². The van der Waals surface area contributed by atoms with Gasteiger partial charge in [-0.3, -0.25) is 14.9 Å². The summed E-state index contributed by atoms with van der Waals surface area (Å²) in [6.07, 6.45) is -1.32. The quantitative estimate of drug-likeness (QED) is 0.344. The van der Waals surface area contributed by atoms with E-state index in [9.17, 15) is 19.7 Å². The minimum Gasteiger partial charge on any atom is -0.497 e. The molecule has 0 aliphatic heterocycles. The van der Waals surface area contributed by atoms with Gasteiger partial charge in [-0.1, -0.05) is 48.5 Å². The van der Waals surface area contributed by atoms with Crippen molar-refractivity contribution in [2.45, 2.75) is 13.0 Å².